The van der Waals surface area contributed by atoms with Crippen molar-refractivity contribution in [1.82, 2.24) is 0 Å². The molecule has 8 rings (SSSR count). The van der Waals surface area contributed by atoms with E-state index in [0.717, 1.165) is 38.7 Å². The summed E-state index contributed by atoms with van der Waals surface area (Å²) >= 11 is 0. The molecule has 0 aliphatic rings. The van der Waals surface area contributed by atoms with Crippen LogP contribution in [0.15, 0.2) is 188 Å². The van der Waals surface area contributed by atoms with Gasteiger partial charge in [-0.05, 0) is 76.0 Å². The molecule has 3 nitrogen and oxygen atoms in total. The Hall–Kier alpha value is -5.46. The number of para-hydroxylation sites is 3. The first-order valence-corrected chi connectivity index (χ1v) is 18.3. The Morgan fingerprint density at radius 1 is 0.429 bits per heavy atom. The highest BCUT2D eigenvalue weighted by atomic mass is 31.1. The summed E-state index contributed by atoms with van der Waals surface area (Å²) < 4.78 is 19.5. The summed E-state index contributed by atoms with van der Waals surface area (Å²) in [4.78, 5) is 0. The van der Waals surface area contributed by atoms with E-state index >= 15 is 0 Å². The van der Waals surface area contributed by atoms with Gasteiger partial charge in [-0.2, -0.15) is 0 Å². The van der Waals surface area contributed by atoms with Crippen LogP contribution in [0.25, 0.3) is 32.7 Å². The molecule has 0 amide bonds. The van der Waals surface area contributed by atoms with Crippen LogP contribution in [0.4, 0.5) is 0 Å². The second-order valence-corrected chi connectivity index (χ2v) is 14.3. The lowest BCUT2D eigenvalue weighted by atomic mass is 9.93. The highest BCUT2D eigenvalue weighted by Gasteiger charge is 2.27. The molecule has 5 heteroatoms. The standard InChI is InChI=1S/C44H32O3P2/c1-4-20-34(21-5-1)46-48-47-41-30-15-14-29-40(41)45-44-42(49(35-22-6-2-7-23-35)36-24-8-3-9-25-36)31-33-18-11-13-27-38(33)43(44)39-28-16-19-32-17-10-12-26-37(32)39/h1-31,48H. The predicted octanol–water partition coefficient (Wildman–Crippen LogP) is 11.2. The van der Waals surface area contributed by atoms with Crippen molar-refractivity contribution in [2.24, 2.45) is 0 Å². The Kier molecular flexibility index (Phi) is 9.03. The van der Waals surface area contributed by atoms with Gasteiger partial charge in [-0.1, -0.05) is 158 Å². The third-order valence-electron chi connectivity index (χ3n) is 8.43. The average molecular weight is 671 g/mol. The number of fused-ring (bicyclic) bond motifs is 2. The van der Waals surface area contributed by atoms with E-state index < -0.39 is 7.92 Å². The topological polar surface area (TPSA) is 27.7 Å². The van der Waals surface area contributed by atoms with E-state index in [1.54, 1.807) is 0 Å². The van der Waals surface area contributed by atoms with Crippen LogP contribution in [-0.4, -0.2) is 0 Å². The van der Waals surface area contributed by atoms with Gasteiger partial charge in [0.25, 0.3) is 9.03 Å². The lowest BCUT2D eigenvalue weighted by Gasteiger charge is -2.26. The zero-order chi connectivity index (χ0) is 32.8. The van der Waals surface area contributed by atoms with Gasteiger partial charge in [-0.15, -0.1) is 0 Å². The van der Waals surface area contributed by atoms with Gasteiger partial charge in [-0.3, -0.25) is 0 Å². The zero-order valence-electron chi connectivity index (χ0n) is 26.6. The molecule has 236 valence electrons. The van der Waals surface area contributed by atoms with Gasteiger partial charge in [-0.25, -0.2) is 0 Å². The number of hydrogen-bond donors (Lipinski definition) is 0. The Morgan fingerprint density at radius 2 is 0.980 bits per heavy atom. The fourth-order valence-corrected chi connectivity index (χ4v) is 9.16. The Morgan fingerprint density at radius 3 is 1.69 bits per heavy atom. The van der Waals surface area contributed by atoms with Gasteiger partial charge in [0.1, 0.15) is 11.5 Å². The normalized spacial score (nSPS) is 11.4. The van der Waals surface area contributed by atoms with Crippen molar-refractivity contribution >= 4 is 54.4 Å². The van der Waals surface area contributed by atoms with Crippen molar-refractivity contribution in [3.8, 4) is 34.1 Å². The zero-order valence-corrected chi connectivity index (χ0v) is 28.5. The quantitative estimate of drug-likeness (QED) is 0.136. The van der Waals surface area contributed by atoms with E-state index in [1.807, 2.05) is 54.6 Å². The van der Waals surface area contributed by atoms with E-state index in [-0.39, 0.29) is 9.03 Å². The molecule has 0 aliphatic heterocycles. The molecule has 0 bridgehead atoms. The second-order valence-electron chi connectivity index (χ2n) is 11.5. The molecule has 0 N–H and O–H groups in total. The maximum atomic E-state index is 7.25. The summed E-state index contributed by atoms with van der Waals surface area (Å²) in [5.74, 6) is 2.81. The smallest absolute Gasteiger partial charge is 0.275 e. The maximum Gasteiger partial charge on any atom is 0.275 e. The van der Waals surface area contributed by atoms with Crippen molar-refractivity contribution in [1.29, 1.82) is 0 Å². The van der Waals surface area contributed by atoms with Gasteiger partial charge in [0.2, 0.25) is 0 Å². The SMILES string of the molecule is c1ccc(OPOc2ccccc2Oc2c(P(c3ccccc3)c3ccccc3)cc3ccccc3c2-c2cccc3ccccc23)cc1. The van der Waals surface area contributed by atoms with E-state index in [0.29, 0.717) is 11.5 Å². The van der Waals surface area contributed by atoms with Gasteiger partial charge >= 0.3 is 0 Å². The van der Waals surface area contributed by atoms with Gasteiger partial charge in [0, 0.05) is 10.9 Å². The molecule has 8 aromatic rings. The molecule has 1 atom stereocenters. The van der Waals surface area contributed by atoms with Crippen LogP contribution >= 0.6 is 17.0 Å². The predicted molar refractivity (Wildman–Crippen MR) is 208 cm³/mol. The number of benzene rings is 8. The maximum absolute atomic E-state index is 7.25. The monoisotopic (exact) mass is 670 g/mol. The van der Waals surface area contributed by atoms with Crippen LogP contribution in [0.5, 0.6) is 23.0 Å². The minimum absolute atomic E-state index is 0.242. The van der Waals surface area contributed by atoms with Crippen LogP contribution in [-0.2, 0) is 0 Å². The summed E-state index contributed by atoms with van der Waals surface area (Å²) in [6.45, 7) is 0. The third-order valence-corrected chi connectivity index (χ3v) is 11.5. The lowest BCUT2D eigenvalue weighted by Crippen LogP contribution is -2.22. The highest BCUT2D eigenvalue weighted by molar-refractivity contribution is 7.80. The molecule has 0 heterocycles. The number of rotatable bonds is 10. The van der Waals surface area contributed by atoms with Gasteiger partial charge < -0.3 is 13.8 Å². The van der Waals surface area contributed by atoms with Crippen molar-refractivity contribution in [2.75, 3.05) is 0 Å². The second kappa shape index (κ2) is 14.3. The average Bonchev–Trinajstić information content (AvgIpc) is 3.17. The molecular formula is C44H32O3P2. The minimum atomic E-state index is -1.03. The summed E-state index contributed by atoms with van der Waals surface area (Å²) in [6, 6.07) is 65.2. The molecule has 0 aliphatic carbocycles. The Labute approximate surface area is 289 Å². The van der Waals surface area contributed by atoms with Crippen LogP contribution < -0.4 is 29.7 Å². The van der Waals surface area contributed by atoms with Crippen molar-refractivity contribution in [3.63, 3.8) is 0 Å². The van der Waals surface area contributed by atoms with Crippen molar-refractivity contribution in [2.45, 2.75) is 0 Å². The largest absolute Gasteiger partial charge is 0.452 e. The van der Waals surface area contributed by atoms with Crippen molar-refractivity contribution in [3.05, 3.63) is 188 Å². The van der Waals surface area contributed by atoms with E-state index in [4.69, 9.17) is 13.8 Å². The first-order chi connectivity index (χ1) is 24.3. The van der Waals surface area contributed by atoms with Gasteiger partial charge in [0.15, 0.2) is 11.5 Å². The summed E-state index contributed by atoms with van der Waals surface area (Å²) in [6.07, 6.45) is 0. The van der Waals surface area contributed by atoms with E-state index in [2.05, 4.69) is 133 Å². The molecule has 0 aromatic heterocycles. The van der Waals surface area contributed by atoms with E-state index in [1.165, 1.54) is 21.4 Å². The molecular weight excluding hydrogens is 638 g/mol. The fraction of sp³-hybridized carbons (Fsp3) is 0. The molecule has 0 radical (unpaired) electrons. The highest BCUT2D eigenvalue weighted by Crippen LogP contribution is 2.48. The first-order valence-electron chi connectivity index (χ1n) is 16.2. The molecule has 8 aromatic carbocycles. The van der Waals surface area contributed by atoms with E-state index in [9.17, 15) is 0 Å². The molecule has 1 unspecified atom stereocenters. The molecule has 49 heavy (non-hydrogen) atoms. The molecule has 0 spiro atoms. The summed E-state index contributed by atoms with van der Waals surface area (Å²) in [5, 5.41) is 8.26. The number of hydrogen-bond acceptors (Lipinski definition) is 3. The minimum Gasteiger partial charge on any atom is -0.452 e. The van der Waals surface area contributed by atoms with Crippen LogP contribution in [0.1, 0.15) is 0 Å². The Balaban J connectivity index is 1.37. The number of ether oxygens (including phenoxy) is 1. The molecule has 0 saturated heterocycles. The molecule has 0 saturated carbocycles. The van der Waals surface area contributed by atoms with Crippen molar-refractivity contribution < 1.29 is 13.8 Å². The Bertz CT molecular complexity index is 2300. The fourth-order valence-electron chi connectivity index (χ4n) is 6.21. The van der Waals surface area contributed by atoms with Crippen LogP contribution in [0.3, 0.4) is 0 Å². The van der Waals surface area contributed by atoms with Gasteiger partial charge in [0.05, 0.1) is 0 Å². The molecule has 0 fully saturated rings. The van der Waals surface area contributed by atoms with Crippen LogP contribution in [0.2, 0.25) is 0 Å². The first kappa shape index (κ1) is 30.8. The summed E-state index contributed by atoms with van der Waals surface area (Å²) in [5.41, 5.74) is 2.18. The third kappa shape index (κ3) is 6.52. The summed E-state index contributed by atoms with van der Waals surface area (Å²) in [7, 11) is -1.27. The van der Waals surface area contributed by atoms with Crippen LogP contribution in [0, 0.1) is 0 Å². The lowest BCUT2D eigenvalue weighted by molar-refractivity contribution is 0.448.